The lowest BCUT2D eigenvalue weighted by molar-refractivity contribution is -0.918. The molecule has 1 aliphatic rings. The van der Waals surface area contributed by atoms with E-state index in [-0.39, 0.29) is 34.7 Å². The number of nitrogens with zero attached hydrogens (tertiary/aromatic N) is 1. The number of carbonyl (C=O) groups excluding carboxylic acids is 1. The Labute approximate surface area is 207 Å². The second-order valence-corrected chi connectivity index (χ2v) is 9.95. The van der Waals surface area contributed by atoms with Gasteiger partial charge in [-0.25, -0.2) is 9.78 Å². The zero-order valence-electron chi connectivity index (χ0n) is 20.0. The van der Waals surface area contributed by atoms with Crippen LogP contribution in [-0.4, -0.2) is 35.8 Å². The summed E-state index contributed by atoms with van der Waals surface area (Å²) in [6.07, 6.45) is 4.03. The van der Waals surface area contributed by atoms with Crippen molar-refractivity contribution in [3.8, 4) is 16.3 Å². The lowest BCUT2D eigenvalue weighted by Gasteiger charge is -2.24. The van der Waals surface area contributed by atoms with Crippen LogP contribution < -0.4 is 10.3 Å². The Hall–Kier alpha value is -3.23. The van der Waals surface area contributed by atoms with E-state index in [2.05, 4.69) is 4.98 Å². The van der Waals surface area contributed by atoms with Crippen molar-refractivity contribution in [1.29, 1.82) is 0 Å². The van der Waals surface area contributed by atoms with E-state index < -0.39 is 5.97 Å². The van der Waals surface area contributed by atoms with Crippen molar-refractivity contribution in [3.05, 3.63) is 57.4 Å². The molecule has 35 heavy (non-hydrogen) atoms. The molecule has 8 heteroatoms. The molecule has 1 aliphatic heterocycles. The first-order valence-electron chi connectivity index (χ1n) is 12.2. The lowest BCUT2D eigenvalue weighted by Crippen LogP contribution is -3.11. The molecule has 3 heterocycles. The van der Waals surface area contributed by atoms with Crippen LogP contribution in [0.1, 0.15) is 54.8 Å². The molecule has 2 aromatic carbocycles. The molecule has 0 spiro atoms. The van der Waals surface area contributed by atoms with E-state index in [1.54, 1.807) is 13.0 Å². The van der Waals surface area contributed by atoms with Crippen LogP contribution in [0.25, 0.3) is 31.8 Å². The Morgan fingerprint density at radius 1 is 1.20 bits per heavy atom. The van der Waals surface area contributed by atoms with Gasteiger partial charge in [0.1, 0.15) is 22.9 Å². The van der Waals surface area contributed by atoms with Crippen molar-refractivity contribution >= 4 is 38.5 Å². The summed E-state index contributed by atoms with van der Waals surface area (Å²) in [4.78, 5) is 32.9. The third kappa shape index (κ3) is 4.32. The summed E-state index contributed by atoms with van der Waals surface area (Å²) in [5, 5.41) is 11.9. The van der Waals surface area contributed by atoms with Crippen molar-refractivity contribution in [1.82, 2.24) is 4.98 Å². The van der Waals surface area contributed by atoms with Crippen LogP contribution in [0.4, 0.5) is 0 Å². The molecule has 0 unspecified atom stereocenters. The van der Waals surface area contributed by atoms with Crippen LogP contribution in [0.15, 0.2) is 39.5 Å². The highest BCUT2D eigenvalue weighted by Crippen LogP contribution is 2.36. The van der Waals surface area contributed by atoms with Gasteiger partial charge in [0, 0.05) is 0 Å². The van der Waals surface area contributed by atoms with Gasteiger partial charge in [0.05, 0.1) is 40.9 Å². The number of quaternary nitrogens is 1. The summed E-state index contributed by atoms with van der Waals surface area (Å²) in [7, 11) is 0. The molecule has 2 aromatic heterocycles. The van der Waals surface area contributed by atoms with Gasteiger partial charge in [0.15, 0.2) is 5.58 Å². The molecular formula is C27H29N2O5S+. The van der Waals surface area contributed by atoms with Gasteiger partial charge in [-0.3, -0.25) is 4.79 Å². The molecule has 7 nitrogen and oxygen atoms in total. The number of hydrogen-bond acceptors (Lipinski definition) is 7. The van der Waals surface area contributed by atoms with Gasteiger partial charge < -0.3 is 19.2 Å². The number of phenolic OH excluding ortho intramolecular Hbond substituents is 1. The number of ether oxygens (including phenoxy) is 1. The van der Waals surface area contributed by atoms with Crippen LogP contribution in [0.2, 0.25) is 0 Å². The fourth-order valence-corrected chi connectivity index (χ4v) is 5.88. The first-order valence-corrected chi connectivity index (χ1v) is 13.0. The van der Waals surface area contributed by atoms with Gasteiger partial charge in [0.25, 0.3) is 0 Å². The molecule has 0 atom stereocenters. The molecule has 0 aliphatic carbocycles. The molecule has 4 aromatic rings. The number of aromatic nitrogens is 1. The minimum absolute atomic E-state index is 0.112. The maximum absolute atomic E-state index is 14.0. The van der Waals surface area contributed by atoms with E-state index in [0.717, 1.165) is 36.1 Å². The number of benzene rings is 2. The number of fused-ring (bicyclic) bond motifs is 2. The van der Waals surface area contributed by atoms with Crippen LogP contribution in [0.3, 0.4) is 0 Å². The Bertz CT molecular complexity index is 1430. The average molecular weight is 494 g/mol. The summed E-state index contributed by atoms with van der Waals surface area (Å²) in [5.41, 5.74) is 2.05. The molecule has 0 saturated carbocycles. The number of nitrogens with one attached hydrogen (secondary N) is 1. The van der Waals surface area contributed by atoms with Crippen LogP contribution in [-0.2, 0) is 17.7 Å². The zero-order chi connectivity index (χ0) is 24.5. The van der Waals surface area contributed by atoms with E-state index in [1.807, 2.05) is 31.2 Å². The molecule has 0 amide bonds. The number of esters is 1. The molecule has 0 bridgehead atoms. The normalized spacial score (nSPS) is 14.6. The smallest absolute Gasteiger partial charge is 0.375 e. The maximum atomic E-state index is 14.0. The summed E-state index contributed by atoms with van der Waals surface area (Å²) in [5.74, 6) is -0.734. The van der Waals surface area contributed by atoms with Gasteiger partial charge in [-0.15, -0.1) is 11.3 Å². The Morgan fingerprint density at radius 2 is 1.97 bits per heavy atom. The third-order valence-electron chi connectivity index (χ3n) is 6.67. The van der Waals surface area contributed by atoms with Crippen LogP contribution >= 0.6 is 11.3 Å². The summed E-state index contributed by atoms with van der Waals surface area (Å²) in [6.45, 7) is 6.32. The molecule has 5 rings (SSSR count). The van der Waals surface area contributed by atoms with E-state index in [1.165, 1.54) is 22.7 Å². The number of piperidine rings is 1. The highest BCUT2D eigenvalue weighted by atomic mass is 32.1. The number of likely N-dealkylation sites (tertiary alicyclic amines) is 1. The topological polar surface area (TPSA) is 94.1 Å². The monoisotopic (exact) mass is 493 g/mol. The number of rotatable bonds is 6. The number of para-hydroxylation sites is 1. The van der Waals surface area contributed by atoms with Gasteiger partial charge >= 0.3 is 5.97 Å². The van der Waals surface area contributed by atoms with Gasteiger partial charge in [-0.05, 0) is 56.4 Å². The quantitative estimate of drug-likeness (QED) is 0.393. The van der Waals surface area contributed by atoms with Crippen molar-refractivity contribution in [2.24, 2.45) is 0 Å². The second-order valence-electron chi connectivity index (χ2n) is 8.92. The van der Waals surface area contributed by atoms with Crippen molar-refractivity contribution in [3.63, 3.8) is 0 Å². The van der Waals surface area contributed by atoms with E-state index >= 15 is 0 Å². The van der Waals surface area contributed by atoms with Gasteiger partial charge in [-0.1, -0.05) is 19.1 Å². The van der Waals surface area contributed by atoms with Crippen molar-refractivity contribution < 1.29 is 24.0 Å². The van der Waals surface area contributed by atoms with Crippen molar-refractivity contribution in [2.45, 2.75) is 46.1 Å². The minimum Gasteiger partial charge on any atom is -0.507 e. The number of aryl methyl sites for hydroxylation is 1. The highest BCUT2D eigenvalue weighted by Gasteiger charge is 2.29. The minimum atomic E-state index is -0.712. The summed E-state index contributed by atoms with van der Waals surface area (Å²) >= 11 is 1.34. The lowest BCUT2D eigenvalue weighted by atomic mass is 9.99. The number of phenols is 1. The Kier molecular flexibility index (Phi) is 6.58. The van der Waals surface area contributed by atoms with Crippen LogP contribution in [0, 0.1) is 0 Å². The highest BCUT2D eigenvalue weighted by molar-refractivity contribution is 7.21. The number of thiazole rings is 1. The largest absolute Gasteiger partial charge is 0.507 e. The molecule has 0 radical (unpaired) electrons. The molecule has 2 N–H and O–H groups in total. The Balaban J connectivity index is 1.79. The molecular weight excluding hydrogens is 464 g/mol. The molecule has 1 fully saturated rings. The van der Waals surface area contributed by atoms with Gasteiger partial charge in [-0.2, -0.15) is 0 Å². The SMILES string of the molecule is CCOC(=O)c1oc2c(C[NH+]3CCCCC3)c(O)c(CC)cc2c(=O)c1-c1nc2ccccc2s1. The molecule has 182 valence electrons. The van der Waals surface area contributed by atoms with Crippen LogP contribution in [0.5, 0.6) is 5.75 Å². The average Bonchev–Trinajstić information content (AvgIpc) is 3.30. The second kappa shape index (κ2) is 9.79. The first kappa shape index (κ1) is 23.5. The fraction of sp³-hybridized carbons (Fsp3) is 0.370. The predicted molar refractivity (Wildman–Crippen MR) is 136 cm³/mol. The number of carbonyl (C=O) groups is 1. The van der Waals surface area contributed by atoms with E-state index in [0.29, 0.717) is 34.5 Å². The first-order chi connectivity index (χ1) is 17.0. The number of aromatic hydroxyl groups is 1. The van der Waals surface area contributed by atoms with Crippen molar-refractivity contribution in [2.75, 3.05) is 19.7 Å². The summed E-state index contributed by atoms with van der Waals surface area (Å²) < 4.78 is 12.4. The zero-order valence-corrected chi connectivity index (χ0v) is 20.8. The third-order valence-corrected chi connectivity index (χ3v) is 7.72. The standard InChI is InChI=1S/C27H28N2O5S/c1-3-16-14-17-23(31)21(26-28-19-10-6-7-11-20(19)35-26)25(27(32)33-4-2)34-24(17)18(22(16)30)15-29-12-8-5-9-13-29/h6-7,10-11,14,30H,3-5,8-9,12-13,15H2,1-2H3/p+1. The van der Waals surface area contributed by atoms with E-state index in [9.17, 15) is 14.7 Å². The van der Waals surface area contributed by atoms with Gasteiger partial charge in [0.2, 0.25) is 11.2 Å². The molecule has 1 saturated heterocycles. The Morgan fingerprint density at radius 3 is 2.69 bits per heavy atom. The fourth-order valence-electron chi connectivity index (χ4n) is 4.87. The maximum Gasteiger partial charge on any atom is 0.375 e. The summed E-state index contributed by atoms with van der Waals surface area (Å²) in [6, 6.07) is 9.28. The van der Waals surface area contributed by atoms with E-state index in [4.69, 9.17) is 9.15 Å². The number of hydrogen-bond donors (Lipinski definition) is 2. The predicted octanol–water partition coefficient (Wildman–Crippen LogP) is 4.08.